The number of thiazole rings is 1. The molecule has 0 radical (unpaired) electrons. The summed E-state index contributed by atoms with van der Waals surface area (Å²) in [6.45, 7) is 5.72. The van der Waals surface area contributed by atoms with Gasteiger partial charge < -0.3 is 24.8 Å². The van der Waals surface area contributed by atoms with Gasteiger partial charge in [-0.2, -0.15) is 0 Å². The van der Waals surface area contributed by atoms with Gasteiger partial charge in [-0.3, -0.25) is 4.98 Å². The lowest BCUT2D eigenvalue weighted by Crippen LogP contribution is -2.31. The highest BCUT2D eigenvalue weighted by Gasteiger charge is 2.16. The van der Waals surface area contributed by atoms with Crippen LogP contribution in [0.5, 0.6) is 23.0 Å². The maximum Gasteiger partial charge on any atom is 0.319 e. The van der Waals surface area contributed by atoms with Crippen LogP contribution in [0.3, 0.4) is 0 Å². The summed E-state index contributed by atoms with van der Waals surface area (Å²) in [4.78, 5) is 22.3. The van der Waals surface area contributed by atoms with Gasteiger partial charge in [-0.25, -0.2) is 14.2 Å². The molecule has 0 spiro atoms. The normalized spacial score (nSPS) is 11.7. The van der Waals surface area contributed by atoms with E-state index >= 15 is 0 Å². The topological polar surface area (TPSA) is 94.6 Å². The quantitative estimate of drug-likeness (QED) is 0.319. The molecule has 0 bridgehead atoms. The summed E-state index contributed by atoms with van der Waals surface area (Å²) in [5.41, 5.74) is 1.59. The van der Waals surface area contributed by atoms with Gasteiger partial charge in [0.1, 0.15) is 22.3 Å². The largest absolute Gasteiger partial charge is 0.493 e. The molecule has 0 saturated heterocycles. The monoisotopic (exact) mass is 496 g/mol. The zero-order valence-electron chi connectivity index (χ0n) is 19.9. The van der Waals surface area contributed by atoms with E-state index in [1.54, 1.807) is 37.6 Å². The highest BCUT2D eigenvalue weighted by molar-refractivity contribution is 7.11. The van der Waals surface area contributed by atoms with E-state index in [4.69, 9.17) is 14.2 Å². The number of halogens is 1. The van der Waals surface area contributed by atoms with E-state index in [2.05, 4.69) is 20.6 Å². The zero-order valence-corrected chi connectivity index (χ0v) is 20.7. The zero-order chi connectivity index (χ0) is 25.1. The third kappa shape index (κ3) is 5.27. The van der Waals surface area contributed by atoms with Crippen LogP contribution in [0.15, 0.2) is 42.6 Å². The van der Waals surface area contributed by atoms with E-state index in [0.29, 0.717) is 28.2 Å². The van der Waals surface area contributed by atoms with E-state index in [1.807, 2.05) is 20.8 Å². The van der Waals surface area contributed by atoms with Gasteiger partial charge in [0.2, 0.25) is 0 Å². The Hall–Kier alpha value is -3.92. The van der Waals surface area contributed by atoms with Crippen LogP contribution in [0.1, 0.15) is 28.5 Å². The number of aromatic nitrogens is 2. The molecule has 2 N–H and O–H groups in total. The van der Waals surface area contributed by atoms with Gasteiger partial charge >= 0.3 is 6.03 Å². The fraction of sp³-hybridized carbons (Fsp3) is 0.240. The van der Waals surface area contributed by atoms with E-state index in [0.717, 1.165) is 15.6 Å². The minimum absolute atomic E-state index is 0.0274. The first-order chi connectivity index (χ1) is 16.8. The summed E-state index contributed by atoms with van der Waals surface area (Å²) in [5.74, 6) is 1.16. The molecule has 0 aliphatic carbocycles. The van der Waals surface area contributed by atoms with Crippen molar-refractivity contribution in [1.82, 2.24) is 15.3 Å². The Bertz CT molecular complexity index is 1370. The number of rotatable bonds is 7. The number of hydrogen-bond donors (Lipinski definition) is 2. The highest BCUT2D eigenvalue weighted by atomic mass is 32.1. The minimum Gasteiger partial charge on any atom is -0.493 e. The van der Waals surface area contributed by atoms with Crippen molar-refractivity contribution in [3.8, 4) is 23.0 Å². The van der Waals surface area contributed by atoms with Crippen LogP contribution in [0.2, 0.25) is 0 Å². The first-order valence-corrected chi connectivity index (χ1v) is 11.6. The number of nitrogens with zero attached hydrogens (tertiary/aromatic N) is 2. The van der Waals surface area contributed by atoms with Crippen molar-refractivity contribution < 1.29 is 23.4 Å². The number of ether oxygens (including phenoxy) is 3. The molecule has 4 rings (SSSR count). The van der Waals surface area contributed by atoms with Gasteiger partial charge in [-0.15, -0.1) is 11.3 Å². The van der Waals surface area contributed by atoms with Crippen LogP contribution < -0.4 is 24.8 Å². The van der Waals surface area contributed by atoms with E-state index in [1.165, 1.54) is 30.6 Å². The molecule has 2 heterocycles. The van der Waals surface area contributed by atoms with Crippen molar-refractivity contribution in [2.45, 2.75) is 26.8 Å². The number of methoxy groups -OCH3 is 2. The smallest absolute Gasteiger partial charge is 0.319 e. The van der Waals surface area contributed by atoms with Crippen molar-refractivity contribution in [2.75, 3.05) is 19.5 Å². The molecule has 2 aromatic carbocycles. The van der Waals surface area contributed by atoms with Gasteiger partial charge in [0.05, 0.1) is 37.2 Å². The molecule has 182 valence electrons. The van der Waals surface area contributed by atoms with E-state index < -0.39 is 11.8 Å². The third-order valence-electron chi connectivity index (χ3n) is 5.39. The van der Waals surface area contributed by atoms with Crippen LogP contribution in [0, 0.1) is 19.7 Å². The molecule has 35 heavy (non-hydrogen) atoms. The Labute approximate surface area is 206 Å². The molecule has 2 amide bonds. The number of carbonyl (C=O) groups is 1. The lowest BCUT2D eigenvalue weighted by molar-refractivity contribution is 0.249. The molecule has 1 unspecified atom stereocenters. The number of nitrogens with one attached hydrogen (secondary N) is 2. The lowest BCUT2D eigenvalue weighted by atomic mass is 10.2. The first-order valence-electron chi connectivity index (χ1n) is 10.8. The predicted molar refractivity (Wildman–Crippen MR) is 133 cm³/mol. The summed E-state index contributed by atoms with van der Waals surface area (Å²) in [6, 6.07) is 8.55. The number of anilines is 1. The second kappa shape index (κ2) is 10.1. The van der Waals surface area contributed by atoms with Crippen LogP contribution in [-0.4, -0.2) is 30.2 Å². The maximum absolute atomic E-state index is 14.8. The van der Waals surface area contributed by atoms with Crippen LogP contribution in [-0.2, 0) is 0 Å². The van der Waals surface area contributed by atoms with E-state index in [9.17, 15) is 9.18 Å². The van der Waals surface area contributed by atoms with Gasteiger partial charge in [0.25, 0.3) is 0 Å². The number of aryl methyl sites for hydroxylation is 2. The summed E-state index contributed by atoms with van der Waals surface area (Å²) in [5, 5.41) is 6.78. The van der Waals surface area contributed by atoms with Crippen molar-refractivity contribution in [2.24, 2.45) is 0 Å². The Balaban J connectivity index is 1.48. The third-order valence-corrected chi connectivity index (χ3v) is 6.64. The highest BCUT2D eigenvalue weighted by Crippen LogP contribution is 2.37. The summed E-state index contributed by atoms with van der Waals surface area (Å²) in [7, 11) is 3.09. The van der Waals surface area contributed by atoms with Crippen molar-refractivity contribution in [3.63, 3.8) is 0 Å². The molecular formula is C25H25FN4O4S. The molecule has 0 aliphatic rings. The lowest BCUT2D eigenvalue weighted by Gasteiger charge is -2.14. The van der Waals surface area contributed by atoms with Crippen molar-refractivity contribution in [3.05, 3.63) is 64.0 Å². The number of fused-ring (bicyclic) bond motifs is 1. The van der Waals surface area contributed by atoms with Gasteiger partial charge in [-0.1, -0.05) is 0 Å². The Morgan fingerprint density at radius 3 is 2.46 bits per heavy atom. The average molecular weight is 497 g/mol. The fourth-order valence-electron chi connectivity index (χ4n) is 3.42. The molecule has 2 aromatic heterocycles. The second-order valence-electron chi connectivity index (χ2n) is 7.79. The SMILES string of the molecule is COc1cc2nccc(Oc3ccc(NC(=O)NC(C)c4nc(C)c(C)s4)c(F)c3)c2cc1OC. The molecule has 4 aromatic rings. The van der Waals surface area contributed by atoms with E-state index in [-0.39, 0.29) is 17.5 Å². The average Bonchev–Trinajstić information content (AvgIpc) is 3.18. The number of hydrogen-bond acceptors (Lipinski definition) is 7. The first kappa shape index (κ1) is 24.2. The molecule has 1 atom stereocenters. The van der Waals surface area contributed by atoms with Crippen molar-refractivity contribution >= 4 is 34.0 Å². The fourth-order valence-corrected chi connectivity index (χ4v) is 4.35. The number of benzene rings is 2. The summed E-state index contributed by atoms with van der Waals surface area (Å²) < 4.78 is 31.4. The Morgan fingerprint density at radius 2 is 1.80 bits per heavy atom. The molecular weight excluding hydrogens is 471 g/mol. The van der Waals surface area contributed by atoms with Crippen LogP contribution in [0.25, 0.3) is 10.9 Å². The van der Waals surface area contributed by atoms with Crippen molar-refractivity contribution in [1.29, 1.82) is 0 Å². The van der Waals surface area contributed by atoms with Gasteiger partial charge in [0, 0.05) is 28.6 Å². The maximum atomic E-state index is 14.8. The Kier molecular flexibility index (Phi) is 7.02. The molecule has 0 fully saturated rings. The molecule has 0 aliphatic heterocycles. The summed E-state index contributed by atoms with van der Waals surface area (Å²) >= 11 is 1.52. The molecule has 10 heteroatoms. The number of carbonyl (C=O) groups excluding carboxylic acids is 1. The van der Waals surface area contributed by atoms with Gasteiger partial charge in [0.15, 0.2) is 11.5 Å². The van der Waals surface area contributed by atoms with Crippen LogP contribution in [0.4, 0.5) is 14.9 Å². The van der Waals surface area contributed by atoms with Gasteiger partial charge in [-0.05, 0) is 45.0 Å². The second-order valence-corrected chi connectivity index (χ2v) is 9.03. The molecule has 8 nitrogen and oxygen atoms in total. The Morgan fingerprint density at radius 1 is 1.06 bits per heavy atom. The predicted octanol–water partition coefficient (Wildman–Crippen LogP) is 6.14. The number of urea groups is 1. The minimum atomic E-state index is -0.635. The van der Waals surface area contributed by atoms with Crippen LogP contribution >= 0.6 is 11.3 Å². The number of amides is 2. The number of pyridine rings is 1. The standard InChI is InChI=1S/C25H25FN4O4S/c1-13-15(3)35-24(28-13)14(2)29-25(31)30-19-7-6-16(10-18(19)26)34-21-8-9-27-20-12-23(33-5)22(32-4)11-17(20)21/h6-12,14H,1-5H3,(H2,29,30,31). The molecule has 0 saturated carbocycles. The summed E-state index contributed by atoms with van der Waals surface area (Å²) in [6.07, 6.45) is 1.59.